The Bertz CT molecular complexity index is 683. The standard InChI is InChI=1S/C14H14N2O4S2/c1-20-8-5-10(14(18)19)16(6-8)13(17)9-7-22-12(15-9)11-3-2-4-21-11/h2-4,7-8,10H,5-6H2,1H3,(H,18,19). The summed E-state index contributed by atoms with van der Waals surface area (Å²) in [6.45, 7) is 0.276. The summed E-state index contributed by atoms with van der Waals surface area (Å²) in [5.41, 5.74) is 0.288. The fraction of sp³-hybridized carbons (Fsp3) is 0.357. The fourth-order valence-corrected chi connectivity index (χ4v) is 4.07. The van der Waals surface area contributed by atoms with Gasteiger partial charge in [-0.2, -0.15) is 0 Å². The van der Waals surface area contributed by atoms with Crippen molar-refractivity contribution >= 4 is 34.6 Å². The maximum absolute atomic E-state index is 12.6. The molecule has 0 saturated carbocycles. The van der Waals surface area contributed by atoms with E-state index in [2.05, 4.69) is 4.98 Å². The lowest BCUT2D eigenvalue weighted by atomic mass is 10.2. The highest BCUT2D eigenvalue weighted by molar-refractivity contribution is 7.20. The number of carbonyl (C=O) groups excluding carboxylic acids is 1. The molecule has 3 heterocycles. The smallest absolute Gasteiger partial charge is 0.326 e. The van der Waals surface area contributed by atoms with Crippen molar-refractivity contribution in [2.24, 2.45) is 0 Å². The largest absolute Gasteiger partial charge is 0.480 e. The maximum Gasteiger partial charge on any atom is 0.326 e. The number of carboxylic acid groups (broad SMARTS) is 1. The Balaban J connectivity index is 1.82. The van der Waals surface area contributed by atoms with Crippen molar-refractivity contribution in [2.45, 2.75) is 18.6 Å². The highest BCUT2D eigenvalue weighted by Crippen LogP contribution is 2.29. The minimum absolute atomic E-state index is 0.250. The summed E-state index contributed by atoms with van der Waals surface area (Å²) >= 11 is 2.94. The Hall–Kier alpha value is -1.77. The van der Waals surface area contributed by atoms with E-state index in [1.165, 1.54) is 23.3 Å². The number of carbonyl (C=O) groups is 2. The molecule has 0 radical (unpaired) electrons. The number of methoxy groups -OCH3 is 1. The van der Waals surface area contributed by atoms with Crippen molar-refractivity contribution in [1.82, 2.24) is 9.88 Å². The van der Waals surface area contributed by atoms with Gasteiger partial charge in [-0.1, -0.05) is 6.07 Å². The van der Waals surface area contributed by atoms with E-state index < -0.39 is 12.0 Å². The molecule has 8 heteroatoms. The summed E-state index contributed by atoms with van der Waals surface area (Å²) in [4.78, 5) is 30.6. The minimum Gasteiger partial charge on any atom is -0.480 e. The molecule has 1 amide bonds. The Morgan fingerprint density at radius 1 is 1.45 bits per heavy atom. The molecule has 1 N–H and O–H groups in total. The third kappa shape index (κ3) is 2.77. The first-order chi connectivity index (χ1) is 10.6. The van der Waals surface area contributed by atoms with Crippen LogP contribution in [0.25, 0.3) is 9.88 Å². The molecule has 2 aromatic rings. The first kappa shape index (κ1) is 15.1. The molecule has 6 nitrogen and oxygen atoms in total. The lowest BCUT2D eigenvalue weighted by Gasteiger charge is -2.19. The van der Waals surface area contributed by atoms with Crippen molar-refractivity contribution in [3.05, 3.63) is 28.6 Å². The SMILES string of the molecule is COC1CC(C(=O)O)N(C(=O)c2csc(-c3cccs3)n2)C1. The Morgan fingerprint density at radius 2 is 2.27 bits per heavy atom. The summed E-state index contributed by atoms with van der Waals surface area (Å²) in [6.07, 6.45) is 0.0555. The van der Waals surface area contributed by atoms with Gasteiger partial charge in [0.1, 0.15) is 16.7 Å². The summed E-state index contributed by atoms with van der Waals surface area (Å²) in [5, 5.41) is 13.7. The van der Waals surface area contributed by atoms with Crippen LogP contribution in [-0.4, -0.2) is 52.7 Å². The zero-order valence-electron chi connectivity index (χ0n) is 11.8. The third-order valence-corrected chi connectivity index (χ3v) is 5.48. The average molecular weight is 338 g/mol. The van der Waals surface area contributed by atoms with Gasteiger partial charge in [-0.15, -0.1) is 22.7 Å². The topological polar surface area (TPSA) is 79.7 Å². The van der Waals surface area contributed by atoms with Gasteiger partial charge in [-0.25, -0.2) is 9.78 Å². The number of aromatic nitrogens is 1. The van der Waals surface area contributed by atoms with Gasteiger partial charge in [-0.3, -0.25) is 4.79 Å². The van der Waals surface area contributed by atoms with Crippen LogP contribution in [-0.2, 0) is 9.53 Å². The number of hydrogen-bond donors (Lipinski definition) is 1. The summed E-state index contributed by atoms with van der Waals surface area (Å²) in [5.74, 6) is -1.37. The van der Waals surface area contributed by atoms with Gasteiger partial charge in [0.2, 0.25) is 0 Å². The predicted octanol–water partition coefficient (Wildman–Crippen LogP) is 2.19. The van der Waals surface area contributed by atoms with Crippen LogP contribution in [0.1, 0.15) is 16.9 Å². The van der Waals surface area contributed by atoms with Crippen LogP contribution >= 0.6 is 22.7 Å². The second-order valence-corrected chi connectivity index (χ2v) is 6.73. The number of aliphatic carboxylic acids is 1. The normalized spacial score (nSPS) is 21.2. The minimum atomic E-state index is -1.01. The maximum atomic E-state index is 12.6. The molecule has 2 atom stereocenters. The van der Waals surface area contributed by atoms with Crippen LogP contribution in [0, 0.1) is 0 Å². The Kier molecular flexibility index (Phi) is 4.23. The molecule has 22 heavy (non-hydrogen) atoms. The highest BCUT2D eigenvalue weighted by Gasteiger charge is 2.40. The van der Waals surface area contributed by atoms with E-state index in [1.54, 1.807) is 16.7 Å². The Labute approximate surface area is 135 Å². The Morgan fingerprint density at radius 3 is 2.91 bits per heavy atom. The number of rotatable bonds is 4. The van der Waals surface area contributed by atoms with Gasteiger partial charge in [0.15, 0.2) is 0 Å². The molecule has 0 aliphatic carbocycles. The molecule has 1 saturated heterocycles. The molecular weight excluding hydrogens is 324 g/mol. The van der Waals surface area contributed by atoms with Crippen LogP contribution in [0.5, 0.6) is 0 Å². The molecular formula is C14H14N2O4S2. The van der Waals surface area contributed by atoms with Gasteiger partial charge in [-0.05, 0) is 11.4 Å². The van der Waals surface area contributed by atoms with Gasteiger partial charge in [0, 0.05) is 25.5 Å². The van der Waals surface area contributed by atoms with Gasteiger partial charge in [0.05, 0.1) is 11.0 Å². The third-order valence-electron chi connectivity index (χ3n) is 3.60. The van der Waals surface area contributed by atoms with E-state index >= 15 is 0 Å². The summed E-state index contributed by atoms with van der Waals surface area (Å²) in [7, 11) is 1.52. The van der Waals surface area contributed by atoms with Crippen LogP contribution in [0.3, 0.4) is 0 Å². The van der Waals surface area contributed by atoms with Crippen LogP contribution in [0.15, 0.2) is 22.9 Å². The molecule has 0 aromatic carbocycles. The molecule has 0 spiro atoms. The van der Waals surface area contributed by atoms with Crippen molar-refractivity contribution < 1.29 is 19.4 Å². The molecule has 1 fully saturated rings. The van der Waals surface area contributed by atoms with E-state index in [0.717, 1.165) is 9.88 Å². The molecule has 116 valence electrons. The van der Waals surface area contributed by atoms with Gasteiger partial charge < -0.3 is 14.7 Å². The first-order valence-electron chi connectivity index (χ1n) is 6.66. The lowest BCUT2D eigenvalue weighted by molar-refractivity contribution is -0.141. The number of ether oxygens (including phenoxy) is 1. The van der Waals surface area contributed by atoms with Crippen molar-refractivity contribution in [3.8, 4) is 9.88 Å². The summed E-state index contributed by atoms with van der Waals surface area (Å²) in [6, 6.07) is 3.01. The number of thiophene rings is 1. The average Bonchev–Trinajstić information content (AvgIpc) is 3.23. The summed E-state index contributed by atoms with van der Waals surface area (Å²) < 4.78 is 5.20. The molecule has 0 bridgehead atoms. The van der Waals surface area contributed by atoms with Gasteiger partial charge >= 0.3 is 5.97 Å². The van der Waals surface area contributed by atoms with Crippen LogP contribution in [0.2, 0.25) is 0 Å². The number of carboxylic acids is 1. The van der Waals surface area contributed by atoms with Crippen LogP contribution in [0.4, 0.5) is 0 Å². The zero-order chi connectivity index (χ0) is 15.7. The second kappa shape index (κ2) is 6.15. The lowest BCUT2D eigenvalue weighted by Crippen LogP contribution is -2.40. The van der Waals surface area contributed by atoms with Crippen molar-refractivity contribution in [3.63, 3.8) is 0 Å². The molecule has 3 rings (SSSR count). The molecule has 1 aliphatic heterocycles. The number of amides is 1. The highest BCUT2D eigenvalue weighted by atomic mass is 32.1. The van der Waals surface area contributed by atoms with E-state index in [-0.39, 0.29) is 24.2 Å². The van der Waals surface area contributed by atoms with E-state index in [1.807, 2.05) is 17.5 Å². The number of thiazole rings is 1. The first-order valence-corrected chi connectivity index (χ1v) is 8.42. The second-order valence-electron chi connectivity index (χ2n) is 4.92. The predicted molar refractivity (Wildman–Crippen MR) is 83.3 cm³/mol. The van der Waals surface area contributed by atoms with Crippen molar-refractivity contribution in [2.75, 3.05) is 13.7 Å². The fourth-order valence-electron chi connectivity index (χ4n) is 2.46. The number of hydrogen-bond acceptors (Lipinski definition) is 6. The molecule has 1 aliphatic rings. The van der Waals surface area contributed by atoms with E-state index in [9.17, 15) is 14.7 Å². The zero-order valence-corrected chi connectivity index (χ0v) is 13.4. The van der Waals surface area contributed by atoms with E-state index in [0.29, 0.717) is 6.42 Å². The number of nitrogens with zero attached hydrogens (tertiary/aromatic N) is 2. The molecule has 2 aromatic heterocycles. The van der Waals surface area contributed by atoms with Crippen LogP contribution < -0.4 is 0 Å². The molecule has 2 unspecified atom stereocenters. The quantitative estimate of drug-likeness (QED) is 0.924. The van der Waals surface area contributed by atoms with Gasteiger partial charge in [0.25, 0.3) is 5.91 Å². The van der Waals surface area contributed by atoms with E-state index in [4.69, 9.17) is 4.74 Å². The number of likely N-dealkylation sites (tertiary alicyclic amines) is 1. The van der Waals surface area contributed by atoms with Crippen molar-refractivity contribution in [1.29, 1.82) is 0 Å². The monoisotopic (exact) mass is 338 g/mol.